The molecular formula is C14H16O4. The molecule has 1 aromatic rings. The van der Waals surface area contributed by atoms with Crippen LogP contribution in [-0.2, 0) is 16.0 Å². The quantitative estimate of drug-likeness (QED) is 0.768. The van der Waals surface area contributed by atoms with E-state index in [1.54, 1.807) is 26.2 Å². The molecule has 0 aromatic heterocycles. The van der Waals surface area contributed by atoms with Gasteiger partial charge in [-0.1, -0.05) is 0 Å². The Morgan fingerprint density at radius 3 is 2.83 bits per heavy atom. The lowest BCUT2D eigenvalue weighted by atomic mass is 9.83. The average molecular weight is 248 g/mol. The predicted octanol–water partition coefficient (Wildman–Crippen LogP) is 2.00. The van der Waals surface area contributed by atoms with E-state index in [2.05, 4.69) is 0 Å². The minimum atomic E-state index is -0.364. The van der Waals surface area contributed by atoms with Gasteiger partial charge in [0.25, 0.3) is 0 Å². The van der Waals surface area contributed by atoms with Gasteiger partial charge in [-0.25, -0.2) is 0 Å². The third-order valence-electron chi connectivity index (χ3n) is 3.13. The molecule has 0 amide bonds. The van der Waals surface area contributed by atoms with Crippen LogP contribution in [-0.4, -0.2) is 25.5 Å². The number of carbonyl (C=O) groups is 2. The maximum absolute atomic E-state index is 12.0. The van der Waals surface area contributed by atoms with Crippen LogP contribution < -0.4 is 4.74 Å². The van der Waals surface area contributed by atoms with E-state index >= 15 is 0 Å². The molecule has 0 aliphatic heterocycles. The monoisotopic (exact) mass is 248 g/mol. The van der Waals surface area contributed by atoms with Crippen LogP contribution in [0.5, 0.6) is 5.75 Å². The van der Waals surface area contributed by atoms with Crippen molar-refractivity contribution in [3.63, 3.8) is 0 Å². The molecule has 0 saturated carbocycles. The molecule has 0 unspecified atom stereocenters. The summed E-state index contributed by atoms with van der Waals surface area (Å²) in [6.45, 7) is 2.11. The lowest BCUT2D eigenvalue weighted by Crippen LogP contribution is -2.28. The van der Waals surface area contributed by atoms with E-state index in [9.17, 15) is 9.59 Å². The Labute approximate surface area is 106 Å². The molecule has 1 aliphatic carbocycles. The van der Waals surface area contributed by atoms with E-state index in [1.807, 2.05) is 6.07 Å². The van der Waals surface area contributed by atoms with Gasteiger partial charge in [-0.15, -0.1) is 0 Å². The van der Waals surface area contributed by atoms with Crippen molar-refractivity contribution in [2.24, 2.45) is 5.92 Å². The van der Waals surface area contributed by atoms with Crippen molar-refractivity contribution in [2.75, 3.05) is 13.7 Å². The number of esters is 1. The summed E-state index contributed by atoms with van der Waals surface area (Å²) in [5, 5.41) is 0. The summed E-state index contributed by atoms with van der Waals surface area (Å²) in [6.07, 6.45) is 0.773. The third kappa shape index (κ3) is 2.37. The van der Waals surface area contributed by atoms with E-state index in [-0.39, 0.29) is 24.1 Å². The zero-order valence-corrected chi connectivity index (χ0v) is 10.6. The molecule has 18 heavy (non-hydrogen) atoms. The van der Waals surface area contributed by atoms with Gasteiger partial charge < -0.3 is 9.47 Å². The highest BCUT2D eigenvalue weighted by atomic mass is 16.5. The molecule has 4 heteroatoms. The highest BCUT2D eigenvalue weighted by Gasteiger charge is 2.30. The van der Waals surface area contributed by atoms with Crippen LogP contribution in [0, 0.1) is 5.92 Å². The van der Waals surface area contributed by atoms with Crippen molar-refractivity contribution in [3.8, 4) is 5.75 Å². The normalized spacial score (nSPS) is 18.1. The first kappa shape index (κ1) is 12.6. The topological polar surface area (TPSA) is 52.6 Å². The fraction of sp³-hybridized carbons (Fsp3) is 0.429. The van der Waals surface area contributed by atoms with Crippen molar-refractivity contribution < 1.29 is 19.1 Å². The SMILES string of the molecule is CCOC(=O)[C@H]1CC(=O)c2ccc(OC)cc2C1. The molecule has 96 valence electrons. The first-order valence-corrected chi connectivity index (χ1v) is 6.02. The lowest BCUT2D eigenvalue weighted by molar-refractivity contribution is -0.148. The number of hydrogen-bond donors (Lipinski definition) is 0. The molecule has 0 N–H and O–H groups in total. The van der Waals surface area contributed by atoms with Crippen LogP contribution >= 0.6 is 0 Å². The summed E-state index contributed by atoms with van der Waals surface area (Å²) in [5.41, 5.74) is 1.56. The second-order valence-electron chi connectivity index (χ2n) is 4.30. The van der Waals surface area contributed by atoms with Crippen LogP contribution in [0.4, 0.5) is 0 Å². The number of Topliss-reactive ketones (excluding diaryl/α,β-unsaturated/α-hetero) is 1. The summed E-state index contributed by atoms with van der Waals surface area (Å²) in [6, 6.07) is 5.35. The fourth-order valence-electron chi connectivity index (χ4n) is 2.24. The van der Waals surface area contributed by atoms with Crippen LogP contribution in [0.2, 0.25) is 0 Å². The Morgan fingerprint density at radius 2 is 2.17 bits per heavy atom. The zero-order chi connectivity index (χ0) is 13.1. The van der Waals surface area contributed by atoms with Gasteiger partial charge in [0.2, 0.25) is 0 Å². The maximum Gasteiger partial charge on any atom is 0.309 e. The molecule has 1 aromatic carbocycles. The molecule has 0 spiro atoms. The van der Waals surface area contributed by atoms with E-state index in [4.69, 9.17) is 9.47 Å². The summed E-state index contributed by atoms with van der Waals surface area (Å²) in [5.74, 6) is 0.0411. The fourth-order valence-corrected chi connectivity index (χ4v) is 2.24. The molecular weight excluding hydrogens is 232 g/mol. The number of fused-ring (bicyclic) bond motifs is 1. The number of rotatable bonds is 3. The summed E-state index contributed by atoms with van der Waals surface area (Å²) in [7, 11) is 1.58. The van der Waals surface area contributed by atoms with Crippen LogP contribution in [0.15, 0.2) is 18.2 Å². The van der Waals surface area contributed by atoms with Gasteiger partial charge in [-0.05, 0) is 37.1 Å². The van der Waals surface area contributed by atoms with E-state index < -0.39 is 0 Å². The lowest BCUT2D eigenvalue weighted by Gasteiger charge is -2.22. The van der Waals surface area contributed by atoms with Gasteiger partial charge in [0, 0.05) is 12.0 Å². The van der Waals surface area contributed by atoms with Crippen molar-refractivity contribution in [1.29, 1.82) is 0 Å². The predicted molar refractivity (Wildman–Crippen MR) is 65.8 cm³/mol. The van der Waals surface area contributed by atoms with Crippen molar-refractivity contribution >= 4 is 11.8 Å². The van der Waals surface area contributed by atoms with Gasteiger partial charge in [0.05, 0.1) is 19.6 Å². The number of hydrogen-bond acceptors (Lipinski definition) is 4. The third-order valence-corrected chi connectivity index (χ3v) is 3.13. The molecule has 4 nitrogen and oxygen atoms in total. The molecule has 2 rings (SSSR count). The zero-order valence-electron chi connectivity index (χ0n) is 10.6. The maximum atomic E-state index is 12.0. The van der Waals surface area contributed by atoms with Gasteiger partial charge in [-0.2, -0.15) is 0 Å². The van der Waals surface area contributed by atoms with E-state index in [1.165, 1.54) is 0 Å². The summed E-state index contributed by atoms with van der Waals surface area (Å²) in [4.78, 5) is 23.7. The smallest absolute Gasteiger partial charge is 0.309 e. The van der Waals surface area contributed by atoms with E-state index in [0.717, 1.165) is 5.56 Å². The minimum Gasteiger partial charge on any atom is -0.497 e. The summed E-state index contributed by atoms with van der Waals surface area (Å²) < 4.78 is 10.1. The summed E-state index contributed by atoms with van der Waals surface area (Å²) >= 11 is 0. The number of ether oxygens (including phenoxy) is 2. The molecule has 1 atom stereocenters. The average Bonchev–Trinajstić information content (AvgIpc) is 2.38. The number of ketones is 1. The molecule has 0 bridgehead atoms. The number of methoxy groups -OCH3 is 1. The van der Waals surface area contributed by atoms with Gasteiger partial charge >= 0.3 is 5.97 Å². The molecule has 0 saturated heterocycles. The van der Waals surface area contributed by atoms with Gasteiger partial charge in [0.15, 0.2) is 5.78 Å². The molecule has 1 aliphatic rings. The molecule has 0 fully saturated rings. The van der Waals surface area contributed by atoms with Gasteiger partial charge in [-0.3, -0.25) is 9.59 Å². The number of benzene rings is 1. The van der Waals surface area contributed by atoms with E-state index in [0.29, 0.717) is 24.3 Å². The highest BCUT2D eigenvalue weighted by Crippen LogP contribution is 2.29. The highest BCUT2D eigenvalue weighted by molar-refractivity contribution is 6.01. The van der Waals surface area contributed by atoms with Crippen LogP contribution in [0.3, 0.4) is 0 Å². The Morgan fingerprint density at radius 1 is 1.39 bits per heavy atom. The van der Waals surface area contributed by atoms with Gasteiger partial charge in [0.1, 0.15) is 5.75 Å². The molecule has 0 heterocycles. The van der Waals surface area contributed by atoms with Crippen LogP contribution in [0.25, 0.3) is 0 Å². The minimum absolute atomic E-state index is 0.00282. The second kappa shape index (κ2) is 5.21. The largest absolute Gasteiger partial charge is 0.497 e. The Kier molecular flexibility index (Phi) is 3.65. The first-order chi connectivity index (χ1) is 8.65. The van der Waals surface area contributed by atoms with Crippen LogP contribution in [0.1, 0.15) is 29.3 Å². The Hall–Kier alpha value is -1.84. The second-order valence-corrected chi connectivity index (χ2v) is 4.30. The molecule has 0 radical (unpaired) electrons. The Balaban J connectivity index is 2.26. The standard InChI is InChI=1S/C14H16O4/c1-3-18-14(16)10-6-9-7-11(17-2)4-5-12(9)13(15)8-10/h4-5,7,10H,3,6,8H2,1-2H3/t10-/m1/s1. The van der Waals surface area contributed by atoms with Crippen molar-refractivity contribution in [1.82, 2.24) is 0 Å². The van der Waals surface area contributed by atoms with Crippen molar-refractivity contribution in [3.05, 3.63) is 29.3 Å². The number of carbonyl (C=O) groups excluding carboxylic acids is 2. The van der Waals surface area contributed by atoms with Crippen molar-refractivity contribution in [2.45, 2.75) is 19.8 Å². The first-order valence-electron chi connectivity index (χ1n) is 6.02. The Bertz CT molecular complexity index is 479.